The Bertz CT molecular complexity index is 474. The molecule has 0 radical (unpaired) electrons. The number of hydrogen-bond acceptors (Lipinski definition) is 5. The van der Waals surface area contributed by atoms with Crippen LogP contribution in [0.3, 0.4) is 0 Å². The van der Waals surface area contributed by atoms with Crippen molar-refractivity contribution in [3.63, 3.8) is 0 Å². The second-order valence-electron chi connectivity index (χ2n) is 5.44. The molecule has 2 heterocycles. The quantitative estimate of drug-likeness (QED) is 0.498. The molecule has 0 saturated carbocycles. The van der Waals surface area contributed by atoms with Crippen LogP contribution in [0.2, 0.25) is 0 Å². The average Bonchev–Trinajstić information content (AvgIpc) is 2.81. The van der Waals surface area contributed by atoms with Crippen molar-refractivity contribution in [1.29, 1.82) is 0 Å². The first-order valence-corrected chi connectivity index (χ1v) is 7.89. The summed E-state index contributed by atoms with van der Waals surface area (Å²) in [6.45, 7) is 8.52. The van der Waals surface area contributed by atoms with Gasteiger partial charge in [0.05, 0.1) is 4.88 Å². The topological polar surface area (TPSA) is 61.6 Å². The lowest BCUT2D eigenvalue weighted by atomic mass is 10.1. The number of hydrazine groups is 1. The van der Waals surface area contributed by atoms with E-state index in [4.69, 9.17) is 5.84 Å². The predicted octanol–water partition coefficient (Wildman–Crippen LogP) is 1.19. The van der Waals surface area contributed by atoms with Crippen LogP contribution in [0.5, 0.6) is 0 Å². The molecule has 6 heteroatoms. The van der Waals surface area contributed by atoms with Gasteiger partial charge in [-0.25, -0.2) is 5.84 Å². The van der Waals surface area contributed by atoms with E-state index in [9.17, 15) is 4.79 Å². The Balaban J connectivity index is 2.03. The van der Waals surface area contributed by atoms with Crippen molar-refractivity contribution in [2.24, 2.45) is 5.84 Å². The Morgan fingerprint density at radius 2 is 2.30 bits per heavy atom. The lowest BCUT2D eigenvalue weighted by Crippen LogP contribution is -2.50. The molecule has 1 aromatic rings. The fourth-order valence-electron chi connectivity index (χ4n) is 2.70. The molecule has 0 aromatic carbocycles. The van der Waals surface area contributed by atoms with E-state index in [0.717, 1.165) is 26.2 Å². The van der Waals surface area contributed by atoms with E-state index in [1.54, 1.807) is 0 Å². The van der Waals surface area contributed by atoms with E-state index in [2.05, 4.69) is 36.1 Å². The van der Waals surface area contributed by atoms with Crippen LogP contribution in [0, 0.1) is 6.92 Å². The smallest absolute Gasteiger partial charge is 0.275 e. The molecule has 1 aliphatic rings. The third kappa shape index (κ3) is 3.38. The van der Waals surface area contributed by atoms with E-state index in [0.29, 0.717) is 10.9 Å². The first-order chi connectivity index (χ1) is 9.55. The minimum atomic E-state index is -0.200. The molecule has 112 valence electrons. The standard InChI is InChI=1S/C14H24N4OS/c1-4-12-9-18(6-5-17(12)3)8-11-7-13(14(19)16-15)20-10(11)2/h7,12H,4-6,8-9,15H2,1-3H3,(H,16,19). The highest BCUT2D eigenvalue weighted by Gasteiger charge is 2.23. The summed E-state index contributed by atoms with van der Waals surface area (Å²) in [6.07, 6.45) is 1.18. The van der Waals surface area contributed by atoms with Gasteiger partial charge in [0.2, 0.25) is 0 Å². The Morgan fingerprint density at radius 1 is 1.55 bits per heavy atom. The Kier molecular flexibility index (Phi) is 5.15. The van der Waals surface area contributed by atoms with Gasteiger partial charge in [-0.1, -0.05) is 6.92 Å². The minimum Gasteiger partial charge on any atom is -0.301 e. The van der Waals surface area contributed by atoms with Crippen LogP contribution >= 0.6 is 11.3 Å². The zero-order valence-electron chi connectivity index (χ0n) is 12.5. The maximum absolute atomic E-state index is 11.6. The SMILES string of the molecule is CCC1CN(Cc2cc(C(=O)NN)sc2C)CCN1C. The molecule has 2 rings (SSSR count). The summed E-state index contributed by atoms with van der Waals surface area (Å²) >= 11 is 1.51. The number of carbonyl (C=O) groups excluding carboxylic acids is 1. The number of likely N-dealkylation sites (N-methyl/N-ethyl adjacent to an activating group) is 1. The highest BCUT2D eigenvalue weighted by Crippen LogP contribution is 2.24. The number of nitrogens with two attached hydrogens (primary N) is 1. The van der Waals surface area contributed by atoms with Crippen molar-refractivity contribution >= 4 is 17.2 Å². The molecule has 1 fully saturated rings. The molecular weight excluding hydrogens is 272 g/mol. The number of hydrogen-bond donors (Lipinski definition) is 2. The molecule has 20 heavy (non-hydrogen) atoms. The fourth-order valence-corrected chi connectivity index (χ4v) is 3.63. The molecule has 5 nitrogen and oxygen atoms in total. The van der Waals surface area contributed by atoms with Gasteiger partial charge in [-0.2, -0.15) is 0 Å². The van der Waals surface area contributed by atoms with Crippen molar-refractivity contribution in [3.8, 4) is 0 Å². The number of thiophene rings is 1. The Morgan fingerprint density at radius 3 is 2.95 bits per heavy atom. The minimum absolute atomic E-state index is 0.200. The summed E-state index contributed by atoms with van der Waals surface area (Å²) in [7, 11) is 2.20. The maximum Gasteiger partial charge on any atom is 0.275 e. The van der Waals surface area contributed by atoms with Gasteiger partial charge in [0, 0.05) is 37.1 Å². The number of piperazine rings is 1. The zero-order valence-corrected chi connectivity index (χ0v) is 13.3. The molecule has 1 unspecified atom stereocenters. The van der Waals surface area contributed by atoms with Gasteiger partial charge in [-0.05, 0) is 32.0 Å². The molecule has 0 aliphatic carbocycles. The van der Waals surface area contributed by atoms with Crippen molar-refractivity contribution < 1.29 is 4.79 Å². The van der Waals surface area contributed by atoms with Crippen molar-refractivity contribution in [2.75, 3.05) is 26.7 Å². The first-order valence-electron chi connectivity index (χ1n) is 7.08. The molecule has 1 aromatic heterocycles. The Hall–Kier alpha value is -0.950. The van der Waals surface area contributed by atoms with E-state index < -0.39 is 0 Å². The number of aryl methyl sites for hydroxylation is 1. The van der Waals surface area contributed by atoms with Gasteiger partial charge in [0.25, 0.3) is 5.91 Å². The predicted molar refractivity (Wildman–Crippen MR) is 82.7 cm³/mol. The number of nitrogens with one attached hydrogen (secondary N) is 1. The first kappa shape index (κ1) is 15.4. The van der Waals surface area contributed by atoms with Crippen LogP contribution in [0.1, 0.15) is 33.5 Å². The van der Waals surface area contributed by atoms with Crippen molar-refractivity contribution in [2.45, 2.75) is 32.9 Å². The lowest BCUT2D eigenvalue weighted by molar-refractivity contribution is 0.0882. The summed E-state index contributed by atoms with van der Waals surface area (Å²) in [5, 5.41) is 0. The summed E-state index contributed by atoms with van der Waals surface area (Å²) in [6, 6.07) is 2.61. The maximum atomic E-state index is 11.6. The van der Waals surface area contributed by atoms with Crippen LogP contribution < -0.4 is 11.3 Å². The van der Waals surface area contributed by atoms with Gasteiger partial charge < -0.3 is 4.90 Å². The van der Waals surface area contributed by atoms with Gasteiger partial charge >= 0.3 is 0 Å². The summed E-state index contributed by atoms with van der Waals surface area (Å²) in [4.78, 5) is 18.4. The lowest BCUT2D eigenvalue weighted by Gasteiger charge is -2.39. The van der Waals surface area contributed by atoms with Crippen LogP contribution in [0.15, 0.2) is 6.07 Å². The van der Waals surface area contributed by atoms with Crippen molar-refractivity contribution in [1.82, 2.24) is 15.2 Å². The number of nitrogens with zero attached hydrogens (tertiary/aromatic N) is 2. The molecule has 1 amide bonds. The third-order valence-electron chi connectivity index (χ3n) is 4.10. The summed E-state index contributed by atoms with van der Waals surface area (Å²) in [5.41, 5.74) is 3.44. The van der Waals surface area contributed by atoms with Crippen LogP contribution in [0.25, 0.3) is 0 Å². The molecule has 1 aliphatic heterocycles. The van der Waals surface area contributed by atoms with Crippen LogP contribution in [-0.4, -0.2) is 48.4 Å². The number of carbonyl (C=O) groups is 1. The Labute approximate surface area is 124 Å². The van der Waals surface area contributed by atoms with E-state index in [1.807, 2.05) is 6.07 Å². The summed E-state index contributed by atoms with van der Waals surface area (Å²) in [5.74, 6) is 4.99. The van der Waals surface area contributed by atoms with Crippen LogP contribution in [0.4, 0.5) is 0 Å². The zero-order chi connectivity index (χ0) is 14.7. The molecule has 1 atom stereocenters. The molecule has 3 N–H and O–H groups in total. The molecule has 1 saturated heterocycles. The average molecular weight is 296 g/mol. The van der Waals surface area contributed by atoms with E-state index in [1.165, 1.54) is 28.2 Å². The van der Waals surface area contributed by atoms with E-state index >= 15 is 0 Å². The van der Waals surface area contributed by atoms with Crippen molar-refractivity contribution in [3.05, 3.63) is 21.4 Å². The van der Waals surface area contributed by atoms with Gasteiger partial charge in [-0.3, -0.25) is 15.1 Å². The fraction of sp³-hybridized carbons (Fsp3) is 0.643. The second-order valence-corrected chi connectivity index (χ2v) is 6.70. The van der Waals surface area contributed by atoms with Gasteiger partial charge in [0.1, 0.15) is 0 Å². The monoisotopic (exact) mass is 296 g/mol. The normalized spacial score (nSPS) is 21.1. The van der Waals surface area contributed by atoms with Gasteiger partial charge in [0.15, 0.2) is 0 Å². The second kappa shape index (κ2) is 6.67. The molecule has 0 spiro atoms. The number of nitrogen functional groups attached to an aromatic ring is 1. The van der Waals surface area contributed by atoms with E-state index in [-0.39, 0.29) is 5.91 Å². The number of amides is 1. The highest BCUT2D eigenvalue weighted by molar-refractivity contribution is 7.14. The highest BCUT2D eigenvalue weighted by atomic mass is 32.1. The number of rotatable bonds is 4. The largest absolute Gasteiger partial charge is 0.301 e. The van der Waals surface area contributed by atoms with Crippen LogP contribution in [-0.2, 0) is 6.54 Å². The summed E-state index contributed by atoms with van der Waals surface area (Å²) < 4.78 is 0. The third-order valence-corrected chi connectivity index (χ3v) is 5.19. The molecular formula is C14H24N4OS. The van der Waals surface area contributed by atoms with Gasteiger partial charge in [-0.15, -0.1) is 11.3 Å². The molecule has 0 bridgehead atoms.